The van der Waals surface area contributed by atoms with Gasteiger partial charge in [0.05, 0.1) is 27.8 Å². The van der Waals surface area contributed by atoms with Gasteiger partial charge in [-0.2, -0.15) is 0 Å². The SMILES string of the molecule is O=C(c1ccoc1)n1c(-c2cccc([N+](=O)[O-])c2)nc2ccccc21. The summed E-state index contributed by atoms with van der Waals surface area (Å²) >= 11 is 0. The van der Waals surface area contributed by atoms with Crippen molar-refractivity contribution in [2.24, 2.45) is 0 Å². The molecule has 4 aromatic rings. The average molecular weight is 333 g/mol. The van der Waals surface area contributed by atoms with Crippen molar-refractivity contribution < 1.29 is 14.1 Å². The molecule has 0 aliphatic rings. The zero-order valence-corrected chi connectivity index (χ0v) is 12.8. The second-order valence-electron chi connectivity index (χ2n) is 5.38. The Labute approximate surface area is 141 Å². The Morgan fingerprint density at radius 3 is 2.72 bits per heavy atom. The Morgan fingerprint density at radius 2 is 1.96 bits per heavy atom. The lowest BCUT2D eigenvalue weighted by Gasteiger charge is -2.06. The molecule has 7 heteroatoms. The maximum atomic E-state index is 12.9. The predicted molar refractivity (Wildman–Crippen MR) is 90.3 cm³/mol. The van der Waals surface area contributed by atoms with E-state index in [0.29, 0.717) is 28.0 Å². The van der Waals surface area contributed by atoms with Crippen molar-refractivity contribution in [1.29, 1.82) is 0 Å². The number of non-ortho nitro benzene ring substituents is 1. The standard InChI is InChI=1S/C18H11N3O4/c22-18(13-8-9-25-11-13)20-16-7-2-1-6-15(16)19-17(20)12-4-3-5-14(10-12)21(23)24/h1-11H. The summed E-state index contributed by atoms with van der Waals surface area (Å²) in [5.41, 5.74) is 2.04. The summed E-state index contributed by atoms with van der Waals surface area (Å²) in [6.07, 6.45) is 2.77. The Morgan fingerprint density at radius 1 is 1.12 bits per heavy atom. The average Bonchev–Trinajstić information content (AvgIpc) is 3.29. The first-order valence-corrected chi connectivity index (χ1v) is 7.44. The van der Waals surface area contributed by atoms with Gasteiger partial charge in [0.1, 0.15) is 12.1 Å². The molecule has 0 unspecified atom stereocenters. The van der Waals surface area contributed by atoms with Gasteiger partial charge in [-0.05, 0) is 18.2 Å². The number of furan rings is 1. The molecule has 2 aromatic carbocycles. The van der Waals surface area contributed by atoms with Crippen LogP contribution < -0.4 is 0 Å². The Balaban J connectivity index is 1.98. The van der Waals surface area contributed by atoms with E-state index < -0.39 is 4.92 Å². The summed E-state index contributed by atoms with van der Waals surface area (Å²) in [7, 11) is 0. The van der Waals surface area contributed by atoms with E-state index in [1.165, 1.54) is 29.2 Å². The van der Waals surface area contributed by atoms with Gasteiger partial charge >= 0.3 is 0 Å². The second-order valence-corrected chi connectivity index (χ2v) is 5.38. The molecule has 122 valence electrons. The fraction of sp³-hybridized carbons (Fsp3) is 0. The molecule has 7 nitrogen and oxygen atoms in total. The van der Waals surface area contributed by atoms with Gasteiger partial charge in [-0.15, -0.1) is 0 Å². The molecule has 0 N–H and O–H groups in total. The predicted octanol–water partition coefficient (Wildman–Crippen LogP) is 3.89. The first kappa shape index (κ1) is 14.8. The van der Waals surface area contributed by atoms with E-state index in [4.69, 9.17) is 4.42 Å². The fourth-order valence-corrected chi connectivity index (χ4v) is 2.70. The lowest BCUT2D eigenvalue weighted by molar-refractivity contribution is -0.384. The highest BCUT2D eigenvalue weighted by Crippen LogP contribution is 2.28. The minimum Gasteiger partial charge on any atom is -0.472 e. The number of nitro groups is 1. The van der Waals surface area contributed by atoms with Gasteiger partial charge < -0.3 is 4.42 Å². The number of carbonyl (C=O) groups is 1. The van der Waals surface area contributed by atoms with Gasteiger partial charge in [0, 0.05) is 17.7 Å². The quantitative estimate of drug-likeness (QED) is 0.419. The van der Waals surface area contributed by atoms with E-state index in [2.05, 4.69) is 4.98 Å². The highest BCUT2D eigenvalue weighted by Gasteiger charge is 2.21. The number of nitrogens with zero attached hydrogens (tertiary/aromatic N) is 3. The van der Waals surface area contributed by atoms with Crippen LogP contribution in [0.1, 0.15) is 10.4 Å². The molecular weight excluding hydrogens is 322 g/mol. The molecule has 0 aliphatic heterocycles. The molecule has 4 rings (SSSR count). The minimum atomic E-state index is -0.478. The molecule has 0 amide bonds. The van der Waals surface area contributed by atoms with Crippen molar-refractivity contribution in [3.63, 3.8) is 0 Å². The van der Waals surface area contributed by atoms with E-state index in [-0.39, 0.29) is 11.6 Å². The lowest BCUT2D eigenvalue weighted by atomic mass is 10.2. The Kier molecular flexibility index (Phi) is 3.39. The summed E-state index contributed by atoms with van der Waals surface area (Å²) in [5, 5.41) is 11.1. The van der Waals surface area contributed by atoms with Crippen molar-refractivity contribution in [1.82, 2.24) is 9.55 Å². The lowest BCUT2D eigenvalue weighted by Crippen LogP contribution is -2.12. The number of fused-ring (bicyclic) bond motifs is 1. The van der Waals surface area contributed by atoms with Crippen LogP contribution in [-0.2, 0) is 0 Å². The molecule has 0 atom stereocenters. The molecule has 0 bridgehead atoms. The maximum absolute atomic E-state index is 12.9. The number of nitro benzene ring substituents is 1. The zero-order chi connectivity index (χ0) is 17.4. The van der Waals surface area contributed by atoms with E-state index in [9.17, 15) is 14.9 Å². The molecule has 0 radical (unpaired) electrons. The Hall–Kier alpha value is -3.74. The number of para-hydroxylation sites is 2. The van der Waals surface area contributed by atoms with Crippen LogP contribution in [0, 0.1) is 10.1 Å². The van der Waals surface area contributed by atoms with Crippen LogP contribution in [-0.4, -0.2) is 20.4 Å². The second kappa shape index (κ2) is 5.72. The number of aromatic nitrogens is 2. The van der Waals surface area contributed by atoms with Gasteiger partial charge in [-0.1, -0.05) is 24.3 Å². The first-order chi connectivity index (χ1) is 12.1. The molecule has 2 aromatic heterocycles. The van der Waals surface area contributed by atoms with Gasteiger partial charge in [0.2, 0.25) is 0 Å². The van der Waals surface area contributed by atoms with Crippen LogP contribution in [0.3, 0.4) is 0 Å². The third-order valence-electron chi connectivity index (χ3n) is 3.85. The Bertz CT molecular complexity index is 1100. The number of hydrogen-bond donors (Lipinski definition) is 0. The molecule has 0 spiro atoms. The van der Waals surface area contributed by atoms with E-state index in [1.54, 1.807) is 36.4 Å². The summed E-state index contributed by atoms with van der Waals surface area (Å²) < 4.78 is 6.44. The van der Waals surface area contributed by atoms with Crippen molar-refractivity contribution in [3.05, 3.63) is 82.8 Å². The van der Waals surface area contributed by atoms with Crippen molar-refractivity contribution in [2.45, 2.75) is 0 Å². The molecule has 2 heterocycles. The van der Waals surface area contributed by atoms with Crippen LogP contribution in [0.15, 0.2) is 71.5 Å². The highest BCUT2D eigenvalue weighted by atomic mass is 16.6. The molecule has 0 saturated carbocycles. The summed E-state index contributed by atoms with van der Waals surface area (Å²) in [5.74, 6) is 0.0278. The first-order valence-electron chi connectivity index (χ1n) is 7.44. The monoisotopic (exact) mass is 333 g/mol. The van der Waals surface area contributed by atoms with Crippen LogP contribution >= 0.6 is 0 Å². The molecule has 0 aliphatic carbocycles. The fourth-order valence-electron chi connectivity index (χ4n) is 2.70. The molecule has 25 heavy (non-hydrogen) atoms. The smallest absolute Gasteiger partial charge is 0.270 e. The van der Waals surface area contributed by atoms with E-state index >= 15 is 0 Å². The normalized spacial score (nSPS) is 10.9. The highest BCUT2D eigenvalue weighted by molar-refractivity contribution is 6.03. The van der Waals surface area contributed by atoms with Gasteiger partial charge in [0.15, 0.2) is 0 Å². The topological polar surface area (TPSA) is 91.2 Å². The van der Waals surface area contributed by atoms with Crippen LogP contribution in [0.2, 0.25) is 0 Å². The van der Waals surface area contributed by atoms with Crippen LogP contribution in [0.5, 0.6) is 0 Å². The number of benzene rings is 2. The van der Waals surface area contributed by atoms with Gasteiger partial charge in [0.25, 0.3) is 11.6 Å². The van der Waals surface area contributed by atoms with Crippen molar-refractivity contribution in [3.8, 4) is 11.4 Å². The molecule has 0 saturated heterocycles. The largest absolute Gasteiger partial charge is 0.472 e. The molecular formula is C18H11N3O4. The third kappa shape index (κ3) is 2.47. The minimum absolute atomic E-state index is 0.0631. The van der Waals surface area contributed by atoms with Crippen molar-refractivity contribution >= 4 is 22.6 Å². The number of hydrogen-bond acceptors (Lipinski definition) is 5. The van der Waals surface area contributed by atoms with E-state index in [1.807, 2.05) is 6.07 Å². The maximum Gasteiger partial charge on any atom is 0.270 e. The van der Waals surface area contributed by atoms with Gasteiger partial charge in [-0.25, -0.2) is 4.98 Å². The van der Waals surface area contributed by atoms with Gasteiger partial charge in [-0.3, -0.25) is 19.5 Å². The van der Waals surface area contributed by atoms with E-state index in [0.717, 1.165) is 0 Å². The summed E-state index contributed by atoms with van der Waals surface area (Å²) in [6, 6.07) is 14.8. The van der Waals surface area contributed by atoms with Crippen molar-refractivity contribution in [2.75, 3.05) is 0 Å². The zero-order valence-electron chi connectivity index (χ0n) is 12.8. The number of carbonyl (C=O) groups excluding carboxylic acids is 1. The summed E-state index contributed by atoms with van der Waals surface area (Å²) in [6.45, 7) is 0. The summed E-state index contributed by atoms with van der Waals surface area (Å²) in [4.78, 5) is 28.0. The number of rotatable bonds is 3. The number of imidazole rings is 1. The van der Waals surface area contributed by atoms with Crippen LogP contribution in [0.25, 0.3) is 22.4 Å². The third-order valence-corrected chi connectivity index (χ3v) is 3.85. The van der Waals surface area contributed by atoms with Crippen LogP contribution in [0.4, 0.5) is 5.69 Å². The molecule has 0 fully saturated rings.